The summed E-state index contributed by atoms with van der Waals surface area (Å²) in [4.78, 5) is 30.3. The SMILES string of the molecule is Cc1cccc(C(=O)NC(C)C)c1NC(=O)c1cc(OC(C)C)nn1-c1ncccc1Cl. The van der Waals surface area contributed by atoms with Gasteiger partial charge in [-0.3, -0.25) is 9.59 Å². The van der Waals surface area contributed by atoms with Crippen LogP contribution in [0.15, 0.2) is 42.6 Å². The summed E-state index contributed by atoms with van der Waals surface area (Å²) in [5.41, 5.74) is 1.70. The monoisotopic (exact) mass is 455 g/mol. The Kier molecular flexibility index (Phi) is 7.15. The first kappa shape index (κ1) is 23.3. The number of ether oxygens (including phenoxy) is 1. The Morgan fingerprint density at radius 2 is 1.84 bits per heavy atom. The second kappa shape index (κ2) is 9.82. The number of rotatable bonds is 7. The van der Waals surface area contributed by atoms with Crippen molar-refractivity contribution in [2.45, 2.75) is 46.8 Å². The number of hydrogen-bond acceptors (Lipinski definition) is 5. The Hall–Kier alpha value is -3.39. The van der Waals surface area contributed by atoms with Gasteiger partial charge >= 0.3 is 0 Å². The molecule has 2 N–H and O–H groups in total. The number of nitrogens with zero attached hydrogens (tertiary/aromatic N) is 3. The van der Waals surface area contributed by atoms with Gasteiger partial charge in [-0.15, -0.1) is 5.10 Å². The van der Waals surface area contributed by atoms with E-state index in [1.807, 2.05) is 40.7 Å². The molecular weight excluding hydrogens is 430 g/mol. The lowest BCUT2D eigenvalue weighted by Gasteiger charge is -2.15. The molecule has 0 aliphatic carbocycles. The molecule has 0 fully saturated rings. The fourth-order valence-electron chi connectivity index (χ4n) is 3.06. The molecule has 0 radical (unpaired) electrons. The minimum Gasteiger partial charge on any atom is -0.474 e. The van der Waals surface area contributed by atoms with Gasteiger partial charge in [0.15, 0.2) is 5.82 Å². The van der Waals surface area contributed by atoms with Crippen molar-refractivity contribution in [1.82, 2.24) is 20.1 Å². The van der Waals surface area contributed by atoms with Crippen LogP contribution in [0.2, 0.25) is 5.02 Å². The predicted octanol–water partition coefficient (Wildman–Crippen LogP) is 4.41. The van der Waals surface area contributed by atoms with Crippen molar-refractivity contribution >= 4 is 29.1 Å². The summed E-state index contributed by atoms with van der Waals surface area (Å²) in [5.74, 6) is -0.204. The van der Waals surface area contributed by atoms with E-state index >= 15 is 0 Å². The highest BCUT2D eigenvalue weighted by molar-refractivity contribution is 6.32. The quantitative estimate of drug-likeness (QED) is 0.550. The second-order valence-electron chi connectivity index (χ2n) is 7.83. The van der Waals surface area contributed by atoms with Crippen LogP contribution in [0.3, 0.4) is 0 Å². The number of para-hydroxylation sites is 1. The van der Waals surface area contributed by atoms with Crippen molar-refractivity contribution in [3.05, 3.63) is 64.4 Å². The first-order valence-corrected chi connectivity index (χ1v) is 10.6. The summed E-state index contributed by atoms with van der Waals surface area (Å²) in [7, 11) is 0. The summed E-state index contributed by atoms with van der Waals surface area (Å²) >= 11 is 6.30. The number of halogens is 1. The first-order chi connectivity index (χ1) is 15.2. The molecule has 32 heavy (non-hydrogen) atoms. The molecule has 2 aromatic heterocycles. The molecule has 0 bridgehead atoms. The third-order valence-electron chi connectivity index (χ3n) is 4.39. The van der Waals surface area contributed by atoms with Gasteiger partial charge in [-0.1, -0.05) is 23.7 Å². The van der Waals surface area contributed by atoms with Crippen molar-refractivity contribution in [2.24, 2.45) is 0 Å². The number of anilines is 1. The van der Waals surface area contributed by atoms with Gasteiger partial charge in [0.2, 0.25) is 5.88 Å². The number of benzene rings is 1. The van der Waals surface area contributed by atoms with Gasteiger partial charge in [0, 0.05) is 18.3 Å². The lowest BCUT2D eigenvalue weighted by Crippen LogP contribution is -2.31. The maximum atomic E-state index is 13.3. The summed E-state index contributed by atoms with van der Waals surface area (Å²) in [6.07, 6.45) is 1.42. The highest BCUT2D eigenvalue weighted by atomic mass is 35.5. The van der Waals surface area contributed by atoms with Crippen molar-refractivity contribution in [2.75, 3.05) is 5.32 Å². The number of pyridine rings is 1. The van der Waals surface area contributed by atoms with Crippen LogP contribution in [0, 0.1) is 6.92 Å². The lowest BCUT2D eigenvalue weighted by molar-refractivity contribution is 0.0944. The zero-order chi connectivity index (χ0) is 23.4. The zero-order valence-corrected chi connectivity index (χ0v) is 19.4. The molecule has 1 aromatic carbocycles. The second-order valence-corrected chi connectivity index (χ2v) is 8.24. The molecule has 2 amide bonds. The average Bonchev–Trinajstić information content (AvgIpc) is 3.12. The van der Waals surface area contributed by atoms with Gasteiger partial charge in [0.25, 0.3) is 11.8 Å². The van der Waals surface area contributed by atoms with Crippen LogP contribution in [0.1, 0.15) is 54.1 Å². The van der Waals surface area contributed by atoms with E-state index < -0.39 is 5.91 Å². The van der Waals surface area contributed by atoms with Crippen molar-refractivity contribution in [1.29, 1.82) is 0 Å². The topological polar surface area (TPSA) is 98.1 Å². The molecule has 0 spiro atoms. The van der Waals surface area contributed by atoms with Crippen LogP contribution in [-0.4, -0.2) is 38.7 Å². The van der Waals surface area contributed by atoms with E-state index in [-0.39, 0.29) is 29.6 Å². The summed E-state index contributed by atoms with van der Waals surface area (Å²) in [6, 6.07) is 10.1. The minimum atomic E-state index is -0.481. The molecule has 8 nitrogen and oxygen atoms in total. The van der Waals surface area contributed by atoms with Crippen molar-refractivity contribution < 1.29 is 14.3 Å². The number of nitrogens with one attached hydrogen (secondary N) is 2. The van der Waals surface area contributed by atoms with Crippen molar-refractivity contribution in [3.63, 3.8) is 0 Å². The Labute approximate surface area is 191 Å². The van der Waals surface area contributed by atoms with Gasteiger partial charge in [-0.2, -0.15) is 0 Å². The Morgan fingerprint density at radius 3 is 2.50 bits per heavy atom. The largest absolute Gasteiger partial charge is 0.474 e. The first-order valence-electron chi connectivity index (χ1n) is 10.3. The standard InChI is InChI=1S/C23H26ClN5O3/c1-13(2)26-22(30)16-9-6-8-15(5)20(16)27-23(31)18-12-19(32-14(3)4)28-29(18)21-17(24)10-7-11-25-21/h6-14H,1-5H3,(H,26,30)(H,27,31). The number of aromatic nitrogens is 3. The van der Waals surface area contributed by atoms with Crippen LogP contribution in [-0.2, 0) is 0 Å². The molecule has 0 saturated heterocycles. The molecular formula is C23H26ClN5O3. The van der Waals surface area contributed by atoms with Crippen LogP contribution < -0.4 is 15.4 Å². The van der Waals surface area contributed by atoms with Gasteiger partial charge in [0.05, 0.1) is 22.4 Å². The average molecular weight is 456 g/mol. The number of hydrogen-bond donors (Lipinski definition) is 2. The van der Waals surface area contributed by atoms with Crippen LogP contribution in [0.5, 0.6) is 5.88 Å². The van der Waals surface area contributed by atoms with E-state index in [9.17, 15) is 9.59 Å². The fraction of sp³-hybridized carbons (Fsp3) is 0.304. The van der Waals surface area contributed by atoms with Crippen LogP contribution in [0.25, 0.3) is 5.82 Å². The van der Waals surface area contributed by atoms with Crippen LogP contribution in [0.4, 0.5) is 5.69 Å². The smallest absolute Gasteiger partial charge is 0.274 e. The molecule has 3 aromatic rings. The molecule has 0 atom stereocenters. The van der Waals surface area contributed by atoms with Gasteiger partial charge < -0.3 is 15.4 Å². The Bertz CT molecular complexity index is 1140. The number of carbonyl (C=O) groups is 2. The van der Waals surface area contributed by atoms with E-state index in [0.717, 1.165) is 5.56 Å². The normalized spacial score (nSPS) is 11.0. The number of carbonyl (C=O) groups excluding carboxylic acids is 2. The molecule has 0 saturated carbocycles. The third-order valence-corrected chi connectivity index (χ3v) is 4.69. The molecule has 2 heterocycles. The Morgan fingerprint density at radius 1 is 1.09 bits per heavy atom. The molecule has 3 rings (SSSR count). The van der Waals surface area contributed by atoms with Crippen LogP contribution >= 0.6 is 11.6 Å². The third kappa shape index (κ3) is 5.26. The minimum absolute atomic E-state index is 0.0463. The number of aryl methyl sites for hydroxylation is 1. The van der Waals surface area contributed by atoms with Gasteiger partial charge in [0.1, 0.15) is 5.69 Å². The number of amides is 2. The van der Waals surface area contributed by atoms with Gasteiger partial charge in [-0.05, 0) is 58.4 Å². The summed E-state index contributed by atoms with van der Waals surface area (Å²) < 4.78 is 7.01. The van der Waals surface area contributed by atoms with E-state index in [0.29, 0.717) is 22.1 Å². The molecule has 0 aliphatic heterocycles. The van der Waals surface area contributed by atoms with E-state index in [4.69, 9.17) is 16.3 Å². The lowest BCUT2D eigenvalue weighted by atomic mass is 10.1. The molecule has 168 valence electrons. The molecule has 9 heteroatoms. The zero-order valence-electron chi connectivity index (χ0n) is 18.6. The van der Waals surface area contributed by atoms with E-state index in [2.05, 4.69) is 20.7 Å². The molecule has 0 unspecified atom stereocenters. The highest BCUT2D eigenvalue weighted by Gasteiger charge is 2.23. The van der Waals surface area contributed by atoms with E-state index in [1.54, 1.807) is 30.5 Å². The summed E-state index contributed by atoms with van der Waals surface area (Å²) in [6.45, 7) is 9.29. The maximum absolute atomic E-state index is 13.3. The van der Waals surface area contributed by atoms with E-state index in [1.165, 1.54) is 10.7 Å². The Balaban J connectivity index is 2.03. The molecule has 0 aliphatic rings. The maximum Gasteiger partial charge on any atom is 0.274 e. The van der Waals surface area contributed by atoms with Gasteiger partial charge in [-0.25, -0.2) is 9.67 Å². The fourth-order valence-corrected chi connectivity index (χ4v) is 3.26. The van der Waals surface area contributed by atoms with Crippen molar-refractivity contribution in [3.8, 4) is 11.7 Å². The summed E-state index contributed by atoms with van der Waals surface area (Å²) in [5, 5.41) is 10.4. The highest BCUT2D eigenvalue weighted by Crippen LogP contribution is 2.25. The predicted molar refractivity (Wildman–Crippen MR) is 124 cm³/mol.